The van der Waals surface area contributed by atoms with Crippen LogP contribution in [0.5, 0.6) is 0 Å². The Morgan fingerprint density at radius 1 is 1.00 bits per heavy atom. The molecule has 0 aliphatic carbocycles. The van der Waals surface area contributed by atoms with Crippen molar-refractivity contribution in [3.8, 4) is 0 Å². The van der Waals surface area contributed by atoms with E-state index in [0.717, 1.165) is 17.4 Å². The maximum absolute atomic E-state index is 3.58. The van der Waals surface area contributed by atoms with E-state index in [1.165, 1.54) is 16.0 Å². The van der Waals surface area contributed by atoms with E-state index in [1.54, 1.807) is 11.8 Å². The van der Waals surface area contributed by atoms with Crippen LogP contribution in [0.4, 0.5) is 0 Å². The van der Waals surface area contributed by atoms with E-state index >= 15 is 0 Å². The Morgan fingerprint density at radius 3 is 2.20 bits per heavy atom. The Hall–Kier alpha value is -0.770. The van der Waals surface area contributed by atoms with Gasteiger partial charge in [0.2, 0.25) is 0 Å². The minimum atomic E-state index is 0.469. The van der Waals surface area contributed by atoms with Crippen molar-refractivity contribution in [2.45, 2.75) is 30.8 Å². The average Bonchev–Trinajstić information content (AvgIpc) is 2.48. The smallest absolute Gasteiger partial charge is 0.0208 e. The van der Waals surface area contributed by atoms with Gasteiger partial charge >= 0.3 is 0 Å². The molecule has 2 rings (SSSR count). The highest BCUT2D eigenvalue weighted by Crippen LogP contribution is 2.15. The summed E-state index contributed by atoms with van der Waals surface area (Å²) in [7, 11) is 0. The molecule has 1 nitrogen and oxygen atoms in total. The zero-order chi connectivity index (χ0) is 14.4. The van der Waals surface area contributed by atoms with Crippen molar-refractivity contribution in [1.82, 2.24) is 5.32 Å². The maximum Gasteiger partial charge on any atom is 0.0208 e. The van der Waals surface area contributed by atoms with Crippen LogP contribution in [0.15, 0.2) is 57.9 Å². The first-order chi connectivity index (χ1) is 9.67. The van der Waals surface area contributed by atoms with Crippen molar-refractivity contribution < 1.29 is 0 Å². The van der Waals surface area contributed by atoms with Crippen molar-refractivity contribution in [2.75, 3.05) is 6.26 Å². The molecule has 106 valence electrons. The van der Waals surface area contributed by atoms with Crippen LogP contribution in [-0.2, 0) is 13.0 Å². The van der Waals surface area contributed by atoms with Crippen molar-refractivity contribution in [3.63, 3.8) is 0 Å². The molecule has 0 aliphatic rings. The molecule has 1 unspecified atom stereocenters. The summed E-state index contributed by atoms with van der Waals surface area (Å²) >= 11 is 5.25. The largest absolute Gasteiger partial charge is 0.310 e. The summed E-state index contributed by atoms with van der Waals surface area (Å²) in [6, 6.07) is 17.8. The average molecular weight is 350 g/mol. The van der Waals surface area contributed by atoms with Gasteiger partial charge in [0.15, 0.2) is 0 Å². The van der Waals surface area contributed by atoms with Crippen molar-refractivity contribution in [3.05, 3.63) is 64.1 Å². The third-order valence-corrected chi connectivity index (χ3v) is 4.54. The van der Waals surface area contributed by atoms with Gasteiger partial charge in [0, 0.05) is 22.0 Å². The van der Waals surface area contributed by atoms with Crippen LogP contribution >= 0.6 is 27.7 Å². The Balaban J connectivity index is 1.82. The van der Waals surface area contributed by atoms with Crippen LogP contribution in [0.1, 0.15) is 18.1 Å². The predicted octanol–water partition coefficient (Wildman–Crippen LogP) is 4.89. The van der Waals surface area contributed by atoms with Gasteiger partial charge in [-0.3, -0.25) is 0 Å². The van der Waals surface area contributed by atoms with Gasteiger partial charge in [0.1, 0.15) is 0 Å². The van der Waals surface area contributed by atoms with Crippen molar-refractivity contribution in [1.29, 1.82) is 0 Å². The number of hydrogen-bond acceptors (Lipinski definition) is 2. The normalized spacial score (nSPS) is 12.3. The van der Waals surface area contributed by atoms with E-state index in [0.29, 0.717) is 6.04 Å². The van der Waals surface area contributed by atoms with Crippen LogP contribution in [0.25, 0.3) is 0 Å². The molecule has 0 saturated carbocycles. The molecule has 0 radical (unpaired) electrons. The van der Waals surface area contributed by atoms with E-state index in [1.807, 2.05) is 0 Å². The highest BCUT2D eigenvalue weighted by Gasteiger charge is 2.03. The highest BCUT2D eigenvalue weighted by atomic mass is 79.9. The molecule has 1 N–H and O–H groups in total. The summed E-state index contributed by atoms with van der Waals surface area (Å²) in [5.74, 6) is 0. The number of halogens is 1. The number of thioether (sulfide) groups is 1. The lowest BCUT2D eigenvalue weighted by atomic mass is 10.1. The fourth-order valence-corrected chi connectivity index (χ4v) is 2.75. The van der Waals surface area contributed by atoms with Crippen LogP contribution in [-0.4, -0.2) is 12.3 Å². The molecule has 0 spiro atoms. The minimum Gasteiger partial charge on any atom is -0.310 e. The molecule has 0 aliphatic heterocycles. The third kappa shape index (κ3) is 4.97. The van der Waals surface area contributed by atoms with Gasteiger partial charge < -0.3 is 5.32 Å². The van der Waals surface area contributed by atoms with Crippen LogP contribution in [0, 0.1) is 0 Å². The summed E-state index contributed by atoms with van der Waals surface area (Å²) in [5, 5.41) is 3.58. The molecule has 2 aromatic carbocycles. The van der Waals surface area contributed by atoms with Crippen LogP contribution in [0.2, 0.25) is 0 Å². The zero-order valence-electron chi connectivity index (χ0n) is 11.9. The lowest BCUT2D eigenvalue weighted by molar-refractivity contribution is 0.545. The van der Waals surface area contributed by atoms with E-state index in [4.69, 9.17) is 0 Å². The number of hydrogen-bond donors (Lipinski definition) is 1. The van der Waals surface area contributed by atoms with Gasteiger partial charge in [-0.05, 0) is 55.0 Å². The zero-order valence-corrected chi connectivity index (χ0v) is 14.3. The number of nitrogens with one attached hydrogen (secondary N) is 1. The molecule has 2 aromatic rings. The van der Waals surface area contributed by atoms with E-state index in [-0.39, 0.29) is 0 Å². The lowest BCUT2D eigenvalue weighted by Gasteiger charge is -2.14. The monoisotopic (exact) mass is 349 g/mol. The maximum atomic E-state index is 3.58. The summed E-state index contributed by atoms with van der Waals surface area (Å²) in [6.07, 6.45) is 3.16. The quantitative estimate of drug-likeness (QED) is 0.745. The first-order valence-corrected chi connectivity index (χ1v) is 8.80. The van der Waals surface area contributed by atoms with Gasteiger partial charge in [-0.1, -0.05) is 40.2 Å². The molecule has 0 aromatic heterocycles. The van der Waals surface area contributed by atoms with E-state index in [2.05, 4.69) is 83.0 Å². The Morgan fingerprint density at radius 2 is 1.60 bits per heavy atom. The molecule has 3 heteroatoms. The Labute approximate surface area is 134 Å². The molecule has 20 heavy (non-hydrogen) atoms. The fourth-order valence-electron chi connectivity index (χ4n) is 2.08. The fraction of sp³-hybridized carbons (Fsp3) is 0.294. The van der Waals surface area contributed by atoms with E-state index in [9.17, 15) is 0 Å². The second kappa shape index (κ2) is 7.87. The van der Waals surface area contributed by atoms with E-state index < -0.39 is 0 Å². The summed E-state index contributed by atoms with van der Waals surface area (Å²) < 4.78 is 1.13. The topological polar surface area (TPSA) is 12.0 Å². The Bertz CT molecular complexity index is 522. The van der Waals surface area contributed by atoms with Gasteiger partial charge in [0.05, 0.1) is 0 Å². The predicted molar refractivity (Wildman–Crippen MR) is 92.4 cm³/mol. The lowest BCUT2D eigenvalue weighted by Crippen LogP contribution is -2.27. The molecule has 0 amide bonds. The second-order valence-electron chi connectivity index (χ2n) is 4.96. The Kier molecular flexibility index (Phi) is 6.14. The SMILES string of the molecule is CSc1ccc(CNC(C)Cc2ccc(Br)cc2)cc1. The first kappa shape index (κ1) is 15.6. The molecular formula is C17H20BrNS. The molecular weight excluding hydrogens is 330 g/mol. The molecule has 0 bridgehead atoms. The molecule has 0 fully saturated rings. The highest BCUT2D eigenvalue weighted by molar-refractivity contribution is 9.10. The van der Waals surface area contributed by atoms with Crippen molar-refractivity contribution >= 4 is 27.7 Å². The molecule has 0 heterocycles. The van der Waals surface area contributed by atoms with Crippen molar-refractivity contribution in [2.24, 2.45) is 0 Å². The van der Waals surface area contributed by atoms with Gasteiger partial charge in [0.25, 0.3) is 0 Å². The second-order valence-corrected chi connectivity index (χ2v) is 6.76. The number of rotatable bonds is 6. The summed E-state index contributed by atoms with van der Waals surface area (Å²) in [5.41, 5.74) is 2.70. The van der Waals surface area contributed by atoms with Gasteiger partial charge in [-0.25, -0.2) is 0 Å². The first-order valence-electron chi connectivity index (χ1n) is 6.78. The summed E-state index contributed by atoms with van der Waals surface area (Å²) in [4.78, 5) is 1.32. The third-order valence-electron chi connectivity index (χ3n) is 3.27. The summed E-state index contributed by atoms with van der Waals surface area (Å²) in [6.45, 7) is 3.16. The van der Waals surface area contributed by atoms with Gasteiger partial charge in [-0.15, -0.1) is 11.8 Å². The number of benzene rings is 2. The standard InChI is InChI=1S/C17H20BrNS/c1-13(11-14-3-7-16(18)8-4-14)19-12-15-5-9-17(20-2)10-6-15/h3-10,13,19H,11-12H2,1-2H3. The van der Waals surface area contributed by atoms with Crippen LogP contribution in [0.3, 0.4) is 0 Å². The minimum absolute atomic E-state index is 0.469. The molecule has 0 saturated heterocycles. The van der Waals surface area contributed by atoms with Gasteiger partial charge in [-0.2, -0.15) is 0 Å². The van der Waals surface area contributed by atoms with Crippen LogP contribution < -0.4 is 5.32 Å². The molecule has 1 atom stereocenters.